The van der Waals surface area contributed by atoms with Gasteiger partial charge in [-0.25, -0.2) is 10.1 Å². The summed E-state index contributed by atoms with van der Waals surface area (Å²) in [5, 5.41) is 9.52. The van der Waals surface area contributed by atoms with E-state index in [9.17, 15) is 0 Å². The van der Waals surface area contributed by atoms with Crippen molar-refractivity contribution in [3.8, 4) is 0 Å². The van der Waals surface area contributed by atoms with Gasteiger partial charge in [-0.05, 0) is 10.4 Å². The van der Waals surface area contributed by atoms with E-state index in [1.807, 2.05) is 0 Å². The van der Waals surface area contributed by atoms with Crippen LogP contribution in [0.4, 0.5) is 5.82 Å². The zero-order chi connectivity index (χ0) is 6.53. The average molecular weight is 126 g/mol. The molecule has 9 heavy (non-hydrogen) atoms. The lowest BCUT2D eigenvalue weighted by Crippen LogP contribution is -1.82. The van der Waals surface area contributed by atoms with Crippen LogP contribution in [0, 0.1) is 0 Å². The number of hydrogen-bond acceptors (Lipinski definition) is 4. The highest BCUT2D eigenvalue weighted by Crippen LogP contribution is 1.95. The third-order valence-electron chi connectivity index (χ3n) is 0.571. The molecule has 0 fully saturated rings. The molecule has 1 heterocycles. The molecule has 0 bridgehead atoms. The standard InChI is InChI=1S/C2H2N6O/c3-7-8-5-2-1-4-9-6-2/h1H,(H,5,6). The molecule has 7 heteroatoms. The van der Waals surface area contributed by atoms with Crippen molar-refractivity contribution in [3.05, 3.63) is 16.6 Å². The van der Waals surface area contributed by atoms with Crippen LogP contribution in [0.25, 0.3) is 10.4 Å². The van der Waals surface area contributed by atoms with E-state index < -0.39 is 0 Å². The molecule has 0 spiro atoms. The van der Waals surface area contributed by atoms with Gasteiger partial charge in [0.25, 0.3) is 5.82 Å². The summed E-state index contributed by atoms with van der Waals surface area (Å²) < 4.78 is 4.17. The van der Waals surface area contributed by atoms with E-state index in [1.54, 1.807) is 0 Å². The monoisotopic (exact) mass is 126 g/mol. The highest BCUT2D eigenvalue weighted by atomic mass is 16.6. The maximum Gasteiger partial charge on any atom is 0.282 e. The molecule has 7 nitrogen and oxygen atoms in total. The highest BCUT2D eigenvalue weighted by Gasteiger charge is 1.94. The van der Waals surface area contributed by atoms with E-state index in [0.29, 0.717) is 0 Å². The van der Waals surface area contributed by atoms with E-state index in [-0.39, 0.29) is 5.82 Å². The second-order valence-corrected chi connectivity index (χ2v) is 1.09. The highest BCUT2D eigenvalue weighted by molar-refractivity contribution is 5.25. The second-order valence-electron chi connectivity index (χ2n) is 1.09. The zero-order valence-electron chi connectivity index (χ0n) is 4.22. The smallest absolute Gasteiger partial charge is 0.240 e. The normalized spacial score (nSPS) is 8.00. The van der Waals surface area contributed by atoms with E-state index in [1.165, 1.54) is 6.20 Å². The molecular formula is C2H2N6O. The Labute approximate surface area is 49.2 Å². The number of hydrogen-bond donors (Lipinski definition) is 1. The lowest BCUT2D eigenvalue weighted by atomic mass is 10.8. The van der Waals surface area contributed by atoms with Crippen molar-refractivity contribution in [2.24, 2.45) is 5.22 Å². The second kappa shape index (κ2) is 2.53. The number of nitrogens with zero attached hydrogens (tertiary/aromatic N) is 5. The molecular weight excluding hydrogens is 124 g/mol. The van der Waals surface area contributed by atoms with Gasteiger partial charge in [-0.3, -0.25) is 0 Å². The van der Waals surface area contributed by atoms with Gasteiger partial charge in [-0.1, -0.05) is 5.16 Å². The van der Waals surface area contributed by atoms with Crippen LogP contribution in [-0.2, 0) is 0 Å². The fraction of sp³-hybridized carbons (Fsp3) is 0. The molecule has 0 saturated heterocycles. The van der Waals surface area contributed by atoms with Gasteiger partial charge >= 0.3 is 0 Å². The molecule has 46 valence electrons. The molecule has 0 unspecified atom stereocenters. The van der Waals surface area contributed by atoms with E-state index >= 15 is 0 Å². The number of aromatic nitrogens is 2. The molecule has 1 aromatic heterocycles. The first kappa shape index (κ1) is 5.39. The molecule has 0 aromatic carbocycles. The molecule has 0 saturated carbocycles. The SMILES string of the molecule is [N-]=[N+]=NNc1cnon1. The first-order chi connectivity index (χ1) is 4.43. The van der Waals surface area contributed by atoms with Gasteiger partial charge in [0, 0.05) is 0 Å². The lowest BCUT2D eigenvalue weighted by Gasteiger charge is -1.77. The number of anilines is 1. The Balaban J connectivity index is 2.57. The van der Waals surface area contributed by atoms with Crippen molar-refractivity contribution < 1.29 is 4.63 Å². The Morgan fingerprint density at radius 2 is 2.78 bits per heavy atom. The minimum Gasteiger partial charge on any atom is -0.240 e. The fourth-order valence-electron chi connectivity index (χ4n) is 0.287. The Morgan fingerprint density at radius 3 is 3.33 bits per heavy atom. The van der Waals surface area contributed by atoms with Crippen LogP contribution in [0.2, 0.25) is 0 Å². The van der Waals surface area contributed by atoms with Crippen LogP contribution >= 0.6 is 0 Å². The third kappa shape index (κ3) is 1.32. The Morgan fingerprint density at radius 1 is 1.89 bits per heavy atom. The van der Waals surface area contributed by atoms with Crippen LogP contribution in [-0.4, -0.2) is 10.3 Å². The van der Waals surface area contributed by atoms with E-state index in [2.05, 4.69) is 30.5 Å². The van der Waals surface area contributed by atoms with Gasteiger partial charge < -0.3 is 0 Å². The van der Waals surface area contributed by atoms with Crippen molar-refractivity contribution in [3.63, 3.8) is 0 Å². The predicted molar refractivity (Wildman–Crippen MR) is 27.1 cm³/mol. The predicted octanol–water partition coefficient (Wildman–Crippen LogP) is 0.707. The summed E-state index contributed by atoms with van der Waals surface area (Å²) in [4.78, 5) is 2.42. The van der Waals surface area contributed by atoms with E-state index in [0.717, 1.165) is 0 Å². The number of azide groups is 1. The van der Waals surface area contributed by atoms with Gasteiger partial charge in [0.2, 0.25) is 0 Å². The summed E-state index contributed by atoms with van der Waals surface area (Å²) in [6, 6.07) is 0. The maximum atomic E-state index is 7.78. The topological polar surface area (TPSA) is 99.7 Å². The molecule has 1 aromatic rings. The maximum absolute atomic E-state index is 7.78. The van der Waals surface area contributed by atoms with Crippen molar-refractivity contribution >= 4 is 5.82 Å². The van der Waals surface area contributed by atoms with Crippen molar-refractivity contribution in [2.45, 2.75) is 0 Å². The minimum atomic E-state index is 0.285. The minimum absolute atomic E-state index is 0.285. The van der Waals surface area contributed by atoms with Crippen LogP contribution < -0.4 is 5.43 Å². The quantitative estimate of drug-likeness (QED) is 0.273. The molecule has 0 aliphatic rings. The number of nitrogens with one attached hydrogen (secondary N) is 1. The average Bonchev–Trinajstić information content (AvgIpc) is 2.34. The van der Waals surface area contributed by atoms with Crippen LogP contribution in [0.15, 0.2) is 16.0 Å². The van der Waals surface area contributed by atoms with E-state index in [4.69, 9.17) is 5.53 Å². The molecule has 0 amide bonds. The Hall–Kier alpha value is -1.75. The van der Waals surface area contributed by atoms with Gasteiger partial charge in [0.05, 0.1) is 0 Å². The van der Waals surface area contributed by atoms with Gasteiger partial charge in [0.1, 0.15) is 6.20 Å². The fourth-order valence-corrected chi connectivity index (χ4v) is 0.287. The summed E-state index contributed by atoms with van der Waals surface area (Å²) in [7, 11) is 0. The number of rotatable bonds is 2. The molecule has 0 aliphatic carbocycles. The summed E-state index contributed by atoms with van der Waals surface area (Å²) in [5.74, 6) is 0.285. The first-order valence-corrected chi connectivity index (χ1v) is 2.01. The molecule has 0 aliphatic heterocycles. The lowest BCUT2D eigenvalue weighted by molar-refractivity contribution is 0.308. The first-order valence-electron chi connectivity index (χ1n) is 2.01. The Bertz CT molecular complexity index is 209. The van der Waals surface area contributed by atoms with Crippen molar-refractivity contribution in [1.82, 2.24) is 10.3 Å². The molecule has 0 radical (unpaired) electrons. The van der Waals surface area contributed by atoms with Gasteiger partial charge in [-0.15, -0.1) is 5.53 Å². The third-order valence-corrected chi connectivity index (χ3v) is 0.571. The van der Waals surface area contributed by atoms with Crippen molar-refractivity contribution in [1.29, 1.82) is 0 Å². The summed E-state index contributed by atoms with van der Waals surface area (Å²) in [5.41, 5.74) is 10.00. The van der Waals surface area contributed by atoms with Crippen LogP contribution in [0.3, 0.4) is 0 Å². The van der Waals surface area contributed by atoms with Crippen LogP contribution in [0.5, 0.6) is 0 Å². The summed E-state index contributed by atoms with van der Waals surface area (Å²) in [6.45, 7) is 0. The molecule has 1 N–H and O–H groups in total. The summed E-state index contributed by atoms with van der Waals surface area (Å²) >= 11 is 0. The Kier molecular flexibility index (Phi) is 1.52. The molecule has 0 atom stereocenters. The van der Waals surface area contributed by atoms with Gasteiger partial charge in [0.15, 0.2) is 0 Å². The molecule has 1 rings (SSSR count). The zero-order valence-corrected chi connectivity index (χ0v) is 4.22. The van der Waals surface area contributed by atoms with Crippen LogP contribution in [0.1, 0.15) is 0 Å². The largest absolute Gasteiger partial charge is 0.282 e. The van der Waals surface area contributed by atoms with Crippen molar-refractivity contribution in [2.75, 3.05) is 5.43 Å². The summed E-state index contributed by atoms with van der Waals surface area (Å²) in [6.07, 6.45) is 1.29. The van der Waals surface area contributed by atoms with Gasteiger partial charge in [-0.2, -0.15) is 4.91 Å².